The number of hydrogen-bond donors (Lipinski definition) is 0. The smallest absolute Gasteiger partial charge is 0.259 e. The maximum atomic E-state index is 14.4. The molecule has 33 heavy (non-hydrogen) atoms. The van der Waals surface area contributed by atoms with Gasteiger partial charge in [0.1, 0.15) is 11.6 Å². The third-order valence-electron chi connectivity index (χ3n) is 5.98. The van der Waals surface area contributed by atoms with E-state index in [2.05, 4.69) is 15.0 Å². The standard InChI is InChI=1S/C25H23FN4O3/c1-16-23-20(15-22(27-24(23)33-28-16)19-8-3-4-9-21(19)26)25(31)30-12-10-29(11-13-30)17-6-5-7-18(14-17)32-2/h3-9,14-15H,10-13H2,1-2H3. The number of hydrogen-bond acceptors (Lipinski definition) is 6. The largest absolute Gasteiger partial charge is 0.497 e. The third kappa shape index (κ3) is 3.88. The molecule has 2 aromatic heterocycles. The molecule has 5 rings (SSSR count). The number of aromatic nitrogens is 2. The van der Waals surface area contributed by atoms with Crippen LogP contribution in [0.15, 0.2) is 59.1 Å². The number of piperazine rings is 1. The van der Waals surface area contributed by atoms with Gasteiger partial charge in [-0.15, -0.1) is 0 Å². The summed E-state index contributed by atoms with van der Waals surface area (Å²) in [6.45, 7) is 4.26. The molecule has 1 aliphatic heterocycles. The Hall–Kier alpha value is -3.94. The Kier molecular flexibility index (Phi) is 5.42. The molecule has 7 nitrogen and oxygen atoms in total. The van der Waals surface area contributed by atoms with Crippen molar-refractivity contribution in [1.82, 2.24) is 15.0 Å². The van der Waals surface area contributed by atoms with Crippen molar-refractivity contribution in [1.29, 1.82) is 0 Å². The van der Waals surface area contributed by atoms with Crippen molar-refractivity contribution in [3.05, 3.63) is 71.7 Å². The van der Waals surface area contributed by atoms with E-state index in [0.717, 1.165) is 11.4 Å². The number of rotatable bonds is 4. The molecule has 0 saturated carbocycles. The number of nitrogens with zero attached hydrogens (tertiary/aromatic N) is 4. The fourth-order valence-corrected chi connectivity index (χ4v) is 4.22. The third-order valence-corrected chi connectivity index (χ3v) is 5.98. The number of benzene rings is 2. The number of halogens is 1. The first-order valence-electron chi connectivity index (χ1n) is 10.8. The summed E-state index contributed by atoms with van der Waals surface area (Å²) < 4.78 is 25.1. The van der Waals surface area contributed by atoms with Gasteiger partial charge in [-0.05, 0) is 37.3 Å². The highest BCUT2D eigenvalue weighted by atomic mass is 19.1. The van der Waals surface area contributed by atoms with Crippen LogP contribution in [0.3, 0.4) is 0 Å². The van der Waals surface area contributed by atoms with Crippen molar-refractivity contribution < 1.29 is 18.4 Å². The van der Waals surface area contributed by atoms with E-state index in [-0.39, 0.29) is 11.6 Å². The molecule has 1 amide bonds. The van der Waals surface area contributed by atoms with Crippen molar-refractivity contribution in [3.8, 4) is 17.0 Å². The monoisotopic (exact) mass is 446 g/mol. The summed E-state index contributed by atoms with van der Waals surface area (Å²) in [5.41, 5.74) is 2.94. The van der Waals surface area contributed by atoms with Gasteiger partial charge >= 0.3 is 0 Å². The SMILES string of the molecule is COc1cccc(N2CCN(C(=O)c3cc(-c4ccccc4F)nc4onc(C)c34)CC2)c1. The Morgan fingerprint density at radius 2 is 1.85 bits per heavy atom. The van der Waals surface area contributed by atoms with E-state index in [1.165, 1.54) is 6.07 Å². The number of amides is 1. The minimum absolute atomic E-state index is 0.142. The number of carbonyl (C=O) groups is 1. The lowest BCUT2D eigenvalue weighted by molar-refractivity contribution is 0.0748. The lowest BCUT2D eigenvalue weighted by atomic mass is 10.0. The normalized spacial score (nSPS) is 14.0. The Morgan fingerprint density at radius 3 is 2.61 bits per heavy atom. The zero-order valence-electron chi connectivity index (χ0n) is 18.4. The second-order valence-corrected chi connectivity index (χ2v) is 7.96. The van der Waals surface area contributed by atoms with E-state index in [4.69, 9.17) is 9.26 Å². The topological polar surface area (TPSA) is 71.7 Å². The maximum Gasteiger partial charge on any atom is 0.259 e. The van der Waals surface area contributed by atoms with Gasteiger partial charge in [0.05, 0.1) is 29.4 Å². The molecule has 1 saturated heterocycles. The summed E-state index contributed by atoms with van der Waals surface area (Å²) in [4.78, 5) is 22.0. The summed E-state index contributed by atoms with van der Waals surface area (Å²) in [5, 5.41) is 4.55. The summed E-state index contributed by atoms with van der Waals surface area (Å²) in [5.74, 6) is 0.247. The number of aryl methyl sites for hydroxylation is 1. The quantitative estimate of drug-likeness (QED) is 0.465. The van der Waals surface area contributed by atoms with Gasteiger partial charge in [0, 0.05) is 43.5 Å². The molecule has 1 fully saturated rings. The van der Waals surface area contributed by atoms with Gasteiger partial charge in [0.2, 0.25) is 0 Å². The molecule has 168 valence electrons. The minimum Gasteiger partial charge on any atom is -0.497 e. The van der Waals surface area contributed by atoms with Gasteiger partial charge in [0.25, 0.3) is 11.6 Å². The van der Waals surface area contributed by atoms with Crippen LogP contribution in [0, 0.1) is 12.7 Å². The molecule has 2 aromatic carbocycles. The minimum atomic E-state index is -0.411. The van der Waals surface area contributed by atoms with E-state index in [0.29, 0.717) is 54.1 Å². The van der Waals surface area contributed by atoms with E-state index in [1.807, 2.05) is 29.2 Å². The summed E-state index contributed by atoms with van der Waals surface area (Å²) in [6.07, 6.45) is 0. The van der Waals surface area contributed by atoms with Crippen molar-refractivity contribution in [2.24, 2.45) is 0 Å². The van der Waals surface area contributed by atoms with E-state index in [1.54, 1.807) is 38.3 Å². The van der Waals surface area contributed by atoms with Crippen molar-refractivity contribution in [2.75, 3.05) is 38.2 Å². The fraction of sp³-hybridized carbons (Fsp3) is 0.240. The van der Waals surface area contributed by atoms with Crippen LogP contribution in [0.1, 0.15) is 16.1 Å². The molecule has 0 aliphatic carbocycles. The average Bonchev–Trinajstić information content (AvgIpc) is 3.24. The highest BCUT2D eigenvalue weighted by Gasteiger charge is 2.27. The molecule has 4 aromatic rings. The molecule has 8 heteroatoms. The zero-order chi connectivity index (χ0) is 22.9. The molecule has 0 unspecified atom stereocenters. The molecule has 0 bridgehead atoms. The first kappa shape index (κ1) is 20.9. The fourth-order valence-electron chi connectivity index (χ4n) is 4.22. The number of ether oxygens (including phenoxy) is 1. The van der Waals surface area contributed by atoms with Crippen LogP contribution in [-0.2, 0) is 0 Å². The number of anilines is 1. The van der Waals surface area contributed by atoms with Gasteiger partial charge in [0.15, 0.2) is 0 Å². The van der Waals surface area contributed by atoms with Crippen molar-refractivity contribution >= 4 is 22.7 Å². The Morgan fingerprint density at radius 1 is 1.06 bits per heavy atom. The average molecular weight is 446 g/mol. The molecule has 0 atom stereocenters. The molecular formula is C25H23FN4O3. The number of carbonyl (C=O) groups excluding carboxylic acids is 1. The molecule has 0 spiro atoms. The summed E-state index contributed by atoms with van der Waals surface area (Å²) in [6, 6.07) is 15.9. The van der Waals surface area contributed by atoms with Crippen LogP contribution in [0.5, 0.6) is 5.75 Å². The Balaban J connectivity index is 1.44. The van der Waals surface area contributed by atoms with Crippen LogP contribution in [0.2, 0.25) is 0 Å². The van der Waals surface area contributed by atoms with Crippen molar-refractivity contribution in [3.63, 3.8) is 0 Å². The Bertz CT molecular complexity index is 1330. The maximum absolute atomic E-state index is 14.4. The highest BCUT2D eigenvalue weighted by Crippen LogP contribution is 2.30. The van der Waals surface area contributed by atoms with E-state index < -0.39 is 5.82 Å². The lowest BCUT2D eigenvalue weighted by Gasteiger charge is -2.36. The molecular weight excluding hydrogens is 423 g/mol. The predicted octanol–water partition coefficient (Wildman–Crippen LogP) is 4.31. The lowest BCUT2D eigenvalue weighted by Crippen LogP contribution is -2.48. The van der Waals surface area contributed by atoms with Crippen LogP contribution >= 0.6 is 0 Å². The first-order valence-corrected chi connectivity index (χ1v) is 10.8. The number of pyridine rings is 1. The van der Waals surface area contributed by atoms with Gasteiger partial charge in [-0.2, -0.15) is 0 Å². The van der Waals surface area contributed by atoms with E-state index >= 15 is 0 Å². The molecule has 0 radical (unpaired) electrons. The van der Waals surface area contributed by atoms with Gasteiger partial charge in [-0.1, -0.05) is 23.4 Å². The highest BCUT2D eigenvalue weighted by molar-refractivity contribution is 6.07. The molecule has 0 N–H and O–H groups in total. The molecule has 3 heterocycles. The van der Waals surface area contributed by atoms with Crippen LogP contribution < -0.4 is 9.64 Å². The van der Waals surface area contributed by atoms with Gasteiger partial charge < -0.3 is 19.1 Å². The summed E-state index contributed by atoms with van der Waals surface area (Å²) in [7, 11) is 1.65. The second-order valence-electron chi connectivity index (χ2n) is 7.96. The summed E-state index contributed by atoms with van der Waals surface area (Å²) >= 11 is 0. The number of fused-ring (bicyclic) bond motifs is 1. The van der Waals surface area contributed by atoms with Crippen LogP contribution in [0.25, 0.3) is 22.4 Å². The Labute approximate surface area is 190 Å². The van der Waals surface area contributed by atoms with Gasteiger partial charge in [-0.25, -0.2) is 9.37 Å². The first-order chi connectivity index (χ1) is 16.0. The second kappa shape index (κ2) is 8.54. The van der Waals surface area contributed by atoms with Crippen LogP contribution in [-0.4, -0.2) is 54.2 Å². The van der Waals surface area contributed by atoms with Crippen LogP contribution in [0.4, 0.5) is 10.1 Å². The van der Waals surface area contributed by atoms with E-state index in [9.17, 15) is 9.18 Å². The molecule has 1 aliphatic rings. The predicted molar refractivity (Wildman–Crippen MR) is 123 cm³/mol. The zero-order valence-corrected chi connectivity index (χ0v) is 18.4. The van der Waals surface area contributed by atoms with Crippen molar-refractivity contribution in [2.45, 2.75) is 6.92 Å². The van der Waals surface area contributed by atoms with Gasteiger partial charge in [-0.3, -0.25) is 4.79 Å². The number of methoxy groups -OCH3 is 1.